The van der Waals surface area contributed by atoms with E-state index < -0.39 is 0 Å². The highest BCUT2D eigenvalue weighted by Gasteiger charge is 2.30. The predicted octanol–water partition coefficient (Wildman–Crippen LogP) is 21.7. The topological polar surface area (TPSA) is 199 Å². The number of nitrogens with zero attached hydrogens (tertiary/aromatic N) is 6. The van der Waals surface area contributed by atoms with Crippen molar-refractivity contribution in [3.8, 4) is 55.6 Å². The van der Waals surface area contributed by atoms with E-state index in [-0.39, 0.29) is 33.7 Å². The van der Waals surface area contributed by atoms with Gasteiger partial charge in [0.1, 0.15) is 28.9 Å². The lowest BCUT2D eigenvalue weighted by Crippen LogP contribution is -2.29. The maximum atomic E-state index is 12.2. The number of aryl methyl sites for hydroxylation is 13. The molecule has 0 bridgehead atoms. The lowest BCUT2D eigenvalue weighted by Gasteiger charge is -2.28. The van der Waals surface area contributed by atoms with Gasteiger partial charge in [0.25, 0.3) is 27.8 Å². The molecule has 0 saturated heterocycles. The van der Waals surface area contributed by atoms with Gasteiger partial charge in [-0.05, 0) is 297 Å². The SMILES string of the molecule is Cc1cc(-c2cc3c(c(CN(C)C4CCCC4)c2)CC(=O)CC3)cn(C)c1=O.Cc1cc(-c2cc3c(cc2/C=C/c2ccccc2)CC(=O)CC3)cn(C)c1=O.Cc1cc(-c2ccc3c(c2/C=C/c2ccccc2)CCC(=O)C3)cn(C)c1=O.Cc1cc(-c2ccc3c(c2C(C)c2ccccc2)CCC(=O)C3)cn(C)c1=O.Cc1cc(-c2ccc3c(c2CCc2ccccc2)CCC(=O)C3)cn(C)c1=O. The van der Waals surface area contributed by atoms with Crippen LogP contribution in [0.15, 0.2) is 267 Å². The molecule has 16 nitrogen and oxygen atoms in total. The largest absolute Gasteiger partial charge is 0.318 e. The molecule has 6 aliphatic carbocycles. The van der Waals surface area contributed by atoms with Gasteiger partial charge in [-0.2, -0.15) is 0 Å². The molecule has 712 valence electrons. The zero-order valence-electron chi connectivity index (χ0n) is 82.9. The van der Waals surface area contributed by atoms with Crippen molar-refractivity contribution in [2.24, 2.45) is 35.2 Å². The minimum absolute atomic E-state index is 0.0219. The fraction of sp³-hybridized carbons (Fsp3) is 0.290. The van der Waals surface area contributed by atoms with E-state index in [1.54, 1.807) is 51.0 Å². The second-order valence-electron chi connectivity index (χ2n) is 39.2. The fourth-order valence-corrected chi connectivity index (χ4v) is 21.4. The van der Waals surface area contributed by atoms with Gasteiger partial charge in [-0.1, -0.05) is 220 Å². The first-order valence-electron chi connectivity index (χ1n) is 49.4. The number of pyridine rings is 5. The van der Waals surface area contributed by atoms with Gasteiger partial charge in [0, 0.05) is 177 Å². The molecule has 0 N–H and O–H groups in total. The summed E-state index contributed by atoms with van der Waals surface area (Å²) in [7, 11) is 11.2. The van der Waals surface area contributed by atoms with E-state index in [0.29, 0.717) is 99.2 Å². The van der Waals surface area contributed by atoms with Gasteiger partial charge < -0.3 is 22.8 Å². The number of ketones is 5. The van der Waals surface area contributed by atoms with Crippen LogP contribution >= 0.6 is 0 Å². The summed E-state index contributed by atoms with van der Waals surface area (Å²) < 4.78 is 8.26. The van der Waals surface area contributed by atoms with Gasteiger partial charge in [0.15, 0.2) is 0 Å². The summed E-state index contributed by atoms with van der Waals surface area (Å²) >= 11 is 0. The van der Waals surface area contributed by atoms with Crippen molar-refractivity contribution in [3.63, 3.8) is 0 Å². The van der Waals surface area contributed by atoms with Crippen molar-refractivity contribution in [1.29, 1.82) is 0 Å². The molecule has 1 saturated carbocycles. The molecule has 20 rings (SSSR count). The summed E-state index contributed by atoms with van der Waals surface area (Å²) in [6.45, 7) is 12.4. The number of hydrogen-bond donors (Lipinski definition) is 0. The van der Waals surface area contributed by atoms with E-state index in [4.69, 9.17) is 0 Å². The van der Waals surface area contributed by atoms with Crippen molar-refractivity contribution < 1.29 is 24.0 Å². The molecule has 14 aromatic rings. The van der Waals surface area contributed by atoms with Crippen LogP contribution in [0.5, 0.6) is 0 Å². The lowest BCUT2D eigenvalue weighted by molar-refractivity contribution is -0.119. The fourth-order valence-electron chi connectivity index (χ4n) is 21.4. The third-order valence-corrected chi connectivity index (χ3v) is 29.0. The summed E-state index contributed by atoms with van der Waals surface area (Å²) in [5.41, 5.74) is 38.0. The molecule has 1 fully saturated rings. The van der Waals surface area contributed by atoms with E-state index in [0.717, 1.165) is 168 Å². The summed E-state index contributed by atoms with van der Waals surface area (Å²) in [6.07, 6.45) is 34.8. The van der Waals surface area contributed by atoms with Crippen LogP contribution in [0.25, 0.3) is 79.9 Å². The van der Waals surface area contributed by atoms with Crippen molar-refractivity contribution in [3.05, 3.63) is 429 Å². The molecule has 5 aromatic heterocycles. The Bertz CT molecular complexity index is 7300. The Labute approximate surface area is 821 Å². The van der Waals surface area contributed by atoms with Crippen LogP contribution in [0.2, 0.25) is 0 Å². The van der Waals surface area contributed by atoms with Gasteiger partial charge in [-0.3, -0.25) is 52.8 Å². The van der Waals surface area contributed by atoms with Crippen molar-refractivity contribution in [2.75, 3.05) is 7.05 Å². The summed E-state index contributed by atoms with van der Waals surface area (Å²) in [4.78, 5) is 123. The minimum Gasteiger partial charge on any atom is -0.318 e. The van der Waals surface area contributed by atoms with Crippen LogP contribution in [-0.4, -0.2) is 69.7 Å². The number of carbonyl (C=O) groups is 5. The van der Waals surface area contributed by atoms with Crippen LogP contribution in [0.1, 0.15) is 204 Å². The minimum atomic E-state index is 0.0219. The summed E-state index contributed by atoms with van der Waals surface area (Å²) in [5.74, 6) is 1.80. The van der Waals surface area contributed by atoms with Gasteiger partial charge in [-0.25, -0.2) is 0 Å². The Morgan fingerprint density at radius 2 is 0.729 bits per heavy atom. The molecule has 140 heavy (non-hydrogen) atoms. The Kier molecular flexibility index (Phi) is 31.1. The number of fused-ring (bicyclic) bond motifs is 5. The van der Waals surface area contributed by atoms with Gasteiger partial charge in [0.2, 0.25) is 0 Å². The van der Waals surface area contributed by atoms with E-state index in [2.05, 4.69) is 177 Å². The molecule has 0 amide bonds. The summed E-state index contributed by atoms with van der Waals surface area (Å²) in [5, 5.41) is 0. The number of benzene rings is 9. The van der Waals surface area contributed by atoms with Crippen molar-refractivity contribution in [2.45, 2.75) is 195 Å². The van der Waals surface area contributed by atoms with Crippen LogP contribution in [0.4, 0.5) is 0 Å². The first kappa shape index (κ1) is 98.6. The zero-order valence-corrected chi connectivity index (χ0v) is 82.9. The molecule has 1 unspecified atom stereocenters. The molecule has 1 atom stereocenters. The maximum Gasteiger partial charge on any atom is 0.253 e. The average Bonchev–Trinajstić information content (AvgIpc) is 0.921. The number of carbonyl (C=O) groups excluding carboxylic acids is 5. The normalized spacial score (nSPS) is 14.6. The number of Topliss-reactive ketones (excluding diaryl/α,β-unsaturated/α-hetero) is 5. The Hall–Kier alpha value is -14.5. The second kappa shape index (κ2) is 44.1. The van der Waals surface area contributed by atoms with E-state index in [9.17, 15) is 47.9 Å². The number of aromatic nitrogens is 5. The van der Waals surface area contributed by atoms with Crippen molar-refractivity contribution in [1.82, 2.24) is 27.7 Å². The molecular formula is C124H126N6O10. The second-order valence-corrected chi connectivity index (χ2v) is 39.2. The van der Waals surface area contributed by atoms with Gasteiger partial charge in [-0.15, -0.1) is 0 Å². The lowest BCUT2D eigenvalue weighted by atomic mass is 9.78. The third kappa shape index (κ3) is 23.1. The van der Waals surface area contributed by atoms with E-state index in [1.165, 1.54) is 98.0 Å². The molecule has 5 heterocycles. The van der Waals surface area contributed by atoms with E-state index >= 15 is 0 Å². The van der Waals surface area contributed by atoms with Crippen molar-refractivity contribution >= 4 is 53.2 Å². The van der Waals surface area contributed by atoms with Gasteiger partial charge >= 0.3 is 0 Å². The predicted molar refractivity (Wildman–Crippen MR) is 567 cm³/mol. The van der Waals surface area contributed by atoms with E-state index in [1.807, 2.05) is 152 Å². The molecule has 16 heteroatoms. The first-order chi connectivity index (χ1) is 67.4. The first-order valence-corrected chi connectivity index (χ1v) is 49.4. The number of rotatable bonds is 17. The van der Waals surface area contributed by atoms with Crippen LogP contribution in [0, 0.1) is 34.6 Å². The molecule has 9 aromatic carbocycles. The Balaban J connectivity index is 0.000000126. The monoisotopic (exact) mass is 1860 g/mol. The van der Waals surface area contributed by atoms with Crippen LogP contribution in [0.3, 0.4) is 0 Å². The highest BCUT2D eigenvalue weighted by atomic mass is 16.2. The Morgan fingerprint density at radius 3 is 1.25 bits per heavy atom. The molecule has 0 spiro atoms. The third-order valence-electron chi connectivity index (χ3n) is 29.0. The quantitative estimate of drug-likeness (QED) is 0.0786. The van der Waals surface area contributed by atoms with Crippen LogP contribution in [-0.2, 0) is 143 Å². The molecule has 0 radical (unpaired) electrons. The standard InChI is InChI=1S/2C25H25NO2.2C25H23NO2.C24H30N2O2/c1-16-13-20(15-26(3)25(16)28)23-11-9-19-14-21(27)10-12-22(19)24(23)17(2)18-7-5-4-6-8-18;2*1-17-14-20(16-26(2)25(17)28)23-12-9-19-15-21(27)10-13-22(19)24(23)11-8-18-6-4-3-5-7-18;1-17-12-22(16-26(2)25(17)28)24-15-19-10-11-23(27)14-21(19)13-20(24)9-8-18-6-4-3-5-7-18;1-16-10-19(14-26(3)24(16)28)18-11-17-8-9-22(27)13-23(17)20(12-18)15-25(2)21-6-4-5-7-21/h4-9,11,13,15,17H,10,12,14H2,1-3H3;3-7,9,12,14,16H,8,10-11,13,15H2,1-2H3;3-9,11-12,14,16H,10,13,15H2,1-2H3;3-9,12-13,15-16H,10-11,14H2,1-2H3;10-12,14,21H,4-9,13,15H2,1-3H3/b;;11-8+;9-8+;. The summed E-state index contributed by atoms with van der Waals surface area (Å²) in [6, 6.07) is 73.4. The molecule has 0 aliphatic heterocycles. The Morgan fingerprint density at radius 1 is 0.329 bits per heavy atom. The molecular weight excluding hydrogens is 1730 g/mol. The van der Waals surface area contributed by atoms with Crippen LogP contribution < -0.4 is 27.8 Å². The zero-order chi connectivity index (χ0) is 98.7. The highest BCUT2D eigenvalue weighted by molar-refractivity contribution is 5.91. The number of hydrogen-bond acceptors (Lipinski definition) is 11. The average molecular weight is 1860 g/mol. The smallest absolute Gasteiger partial charge is 0.253 e. The maximum absolute atomic E-state index is 12.2. The highest BCUT2D eigenvalue weighted by Crippen LogP contribution is 2.42. The van der Waals surface area contributed by atoms with Gasteiger partial charge in [0.05, 0.1) is 0 Å². The molecule has 6 aliphatic rings.